The number of rotatable bonds is 11. The number of methoxy groups -OCH3 is 1. The maximum atomic E-state index is 12.8. The van der Waals surface area contributed by atoms with Gasteiger partial charge in [-0.3, -0.25) is 4.79 Å². The van der Waals surface area contributed by atoms with Crippen molar-refractivity contribution in [2.45, 2.75) is 52.4 Å². The van der Waals surface area contributed by atoms with Crippen LogP contribution in [0.2, 0.25) is 0 Å². The Morgan fingerprint density at radius 3 is 2.35 bits per heavy atom. The number of hydrogen-bond acceptors (Lipinski definition) is 4. The summed E-state index contributed by atoms with van der Waals surface area (Å²) in [6.45, 7) is 5.49. The SMILES string of the molecule is CCCCCCOc1c(OC)c2ccc(OCCCC)cc2n(C)c1=O. The Morgan fingerprint density at radius 1 is 0.923 bits per heavy atom. The van der Waals surface area contributed by atoms with Gasteiger partial charge >= 0.3 is 0 Å². The number of fused-ring (bicyclic) bond motifs is 1. The monoisotopic (exact) mass is 361 g/mol. The highest BCUT2D eigenvalue weighted by Crippen LogP contribution is 2.34. The first-order chi connectivity index (χ1) is 12.6. The molecule has 2 rings (SSSR count). The van der Waals surface area contributed by atoms with Gasteiger partial charge < -0.3 is 18.8 Å². The van der Waals surface area contributed by atoms with Crippen LogP contribution in [0.4, 0.5) is 0 Å². The lowest BCUT2D eigenvalue weighted by atomic mass is 10.1. The van der Waals surface area contributed by atoms with Crippen LogP contribution in [0, 0.1) is 0 Å². The van der Waals surface area contributed by atoms with Crippen LogP contribution < -0.4 is 19.8 Å². The molecule has 5 nitrogen and oxygen atoms in total. The zero-order chi connectivity index (χ0) is 18.9. The van der Waals surface area contributed by atoms with Crippen molar-refractivity contribution in [1.82, 2.24) is 4.57 Å². The molecular weight excluding hydrogens is 330 g/mol. The maximum Gasteiger partial charge on any atom is 0.297 e. The molecule has 0 unspecified atom stereocenters. The quantitative estimate of drug-likeness (QED) is 0.545. The normalized spacial score (nSPS) is 10.9. The first-order valence-electron chi connectivity index (χ1n) is 9.60. The Morgan fingerprint density at radius 2 is 1.65 bits per heavy atom. The van der Waals surface area contributed by atoms with E-state index in [0.29, 0.717) is 24.7 Å². The number of unbranched alkanes of at least 4 members (excludes halogenated alkanes) is 4. The van der Waals surface area contributed by atoms with Gasteiger partial charge in [-0.1, -0.05) is 39.5 Å². The third kappa shape index (κ3) is 4.71. The minimum Gasteiger partial charge on any atom is -0.494 e. The third-order valence-corrected chi connectivity index (χ3v) is 4.50. The van der Waals surface area contributed by atoms with Gasteiger partial charge in [0.05, 0.1) is 25.8 Å². The first-order valence-corrected chi connectivity index (χ1v) is 9.60. The second kappa shape index (κ2) is 10.1. The van der Waals surface area contributed by atoms with E-state index >= 15 is 0 Å². The number of hydrogen-bond donors (Lipinski definition) is 0. The predicted molar refractivity (Wildman–Crippen MR) is 106 cm³/mol. The van der Waals surface area contributed by atoms with Crippen LogP contribution in [0.15, 0.2) is 23.0 Å². The van der Waals surface area contributed by atoms with Gasteiger partial charge in [0.1, 0.15) is 5.75 Å². The Labute approximate surface area is 155 Å². The van der Waals surface area contributed by atoms with E-state index in [1.807, 2.05) is 18.2 Å². The van der Waals surface area contributed by atoms with Gasteiger partial charge in [0.15, 0.2) is 5.75 Å². The van der Waals surface area contributed by atoms with Crippen LogP contribution in [0.25, 0.3) is 10.9 Å². The van der Waals surface area contributed by atoms with Gasteiger partial charge in [-0.25, -0.2) is 0 Å². The number of aryl methyl sites for hydroxylation is 1. The summed E-state index contributed by atoms with van der Waals surface area (Å²) in [5.41, 5.74) is 0.592. The molecule has 1 aromatic heterocycles. The fourth-order valence-corrected chi connectivity index (χ4v) is 2.92. The molecule has 1 heterocycles. The lowest BCUT2D eigenvalue weighted by Gasteiger charge is -2.16. The van der Waals surface area contributed by atoms with Crippen LogP contribution in [-0.2, 0) is 7.05 Å². The summed E-state index contributed by atoms with van der Waals surface area (Å²) in [6.07, 6.45) is 6.47. The molecule has 1 aromatic carbocycles. The van der Waals surface area contributed by atoms with E-state index in [9.17, 15) is 4.79 Å². The van der Waals surface area contributed by atoms with Crippen LogP contribution in [-0.4, -0.2) is 24.9 Å². The van der Waals surface area contributed by atoms with Crippen LogP contribution in [0.1, 0.15) is 52.4 Å². The van der Waals surface area contributed by atoms with Crippen molar-refractivity contribution in [2.75, 3.05) is 20.3 Å². The standard InChI is InChI=1S/C21H31NO4/c1-5-7-9-10-14-26-20-19(24-4)17-12-11-16(25-13-8-6-2)15-18(17)22(3)21(20)23/h11-12,15H,5-10,13-14H2,1-4H3. The molecule has 0 saturated heterocycles. The molecule has 0 aliphatic heterocycles. The van der Waals surface area contributed by atoms with Gasteiger partial charge in [0, 0.05) is 18.5 Å². The largest absolute Gasteiger partial charge is 0.494 e. The van der Waals surface area contributed by atoms with E-state index in [1.54, 1.807) is 18.7 Å². The molecule has 0 amide bonds. The minimum absolute atomic E-state index is 0.185. The van der Waals surface area contributed by atoms with Crippen LogP contribution >= 0.6 is 0 Å². The van der Waals surface area contributed by atoms with Crippen molar-refractivity contribution in [3.8, 4) is 17.2 Å². The molecule has 0 spiro atoms. The van der Waals surface area contributed by atoms with E-state index < -0.39 is 0 Å². The number of ether oxygens (including phenoxy) is 3. The molecule has 0 N–H and O–H groups in total. The summed E-state index contributed by atoms with van der Waals surface area (Å²) >= 11 is 0. The van der Waals surface area contributed by atoms with Crippen molar-refractivity contribution in [3.05, 3.63) is 28.6 Å². The molecule has 0 fully saturated rings. The summed E-state index contributed by atoms with van der Waals surface area (Å²) in [5, 5.41) is 0.848. The number of pyridine rings is 1. The molecule has 26 heavy (non-hydrogen) atoms. The second-order valence-corrected chi connectivity index (χ2v) is 6.52. The molecule has 0 aliphatic rings. The van der Waals surface area contributed by atoms with Crippen molar-refractivity contribution >= 4 is 10.9 Å². The average Bonchev–Trinajstić information content (AvgIpc) is 2.66. The average molecular weight is 361 g/mol. The highest BCUT2D eigenvalue weighted by molar-refractivity contribution is 5.89. The zero-order valence-electron chi connectivity index (χ0n) is 16.5. The highest BCUT2D eigenvalue weighted by Gasteiger charge is 2.18. The van der Waals surface area contributed by atoms with E-state index in [2.05, 4.69) is 13.8 Å². The van der Waals surface area contributed by atoms with E-state index in [0.717, 1.165) is 42.3 Å². The topological polar surface area (TPSA) is 49.7 Å². The summed E-state index contributed by atoms with van der Waals surface area (Å²) in [5.74, 6) is 1.55. The number of nitrogens with zero attached hydrogens (tertiary/aromatic N) is 1. The maximum absolute atomic E-state index is 12.8. The molecule has 0 saturated carbocycles. The van der Waals surface area contributed by atoms with Gasteiger partial charge in [-0.05, 0) is 25.0 Å². The van der Waals surface area contributed by atoms with E-state index in [4.69, 9.17) is 14.2 Å². The second-order valence-electron chi connectivity index (χ2n) is 6.52. The van der Waals surface area contributed by atoms with Crippen molar-refractivity contribution in [2.24, 2.45) is 7.05 Å². The van der Waals surface area contributed by atoms with Crippen LogP contribution in [0.3, 0.4) is 0 Å². The smallest absolute Gasteiger partial charge is 0.297 e. The summed E-state index contributed by atoms with van der Waals surface area (Å²) in [4.78, 5) is 12.8. The molecule has 5 heteroatoms. The highest BCUT2D eigenvalue weighted by atomic mass is 16.5. The van der Waals surface area contributed by atoms with Gasteiger partial charge in [0.25, 0.3) is 5.56 Å². The van der Waals surface area contributed by atoms with Crippen molar-refractivity contribution in [3.63, 3.8) is 0 Å². The molecule has 0 bridgehead atoms. The minimum atomic E-state index is -0.185. The third-order valence-electron chi connectivity index (χ3n) is 4.50. The fourth-order valence-electron chi connectivity index (χ4n) is 2.92. The Kier molecular flexibility index (Phi) is 7.82. The first kappa shape index (κ1) is 20.1. The predicted octanol–water partition coefficient (Wildman–Crippen LogP) is 4.69. The molecule has 2 aromatic rings. The molecule has 0 radical (unpaired) electrons. The lowest BCUT2D eigenvalue weighted by molar-refractivity contribution is 0.281. The summed E-state index contributed by atoms with van der Waals surface area (Å²) < 4.78 is 18.7. The lowest BCUT2D eigenvalue weighted by Crippen LogP contribution is -2.21. The van der Waals surface area contributed by atoms with Crippen LogP contribution in [0.5, 0.6) is 17.2 Å². The summed E-state index contributed by atoms with van der Waals surface area (Å²) in [6, 6.07) is 5.73. The van der Waals surface area contributed by atoms with Gasteiger partial charge in [-0.2, -0.15) is 0 Å². The zero-order valence-corrected chi connectivity index (χ0v) is 16.5. The van der Waals surface area contributed by atoms with Crippen molar-refractivity contribution in [1.29, 1.82) is 0 Å². The van der Waals surface area contributed by atoms with Gasteiger partial charge in [-0.15, -0.1) is 0 Å². The Balaban J connectivity index is 2.31. The van der Waals surface area contributed by atoms with E-state index in [-0.39, 0.29) is 5.56 Å². The molecule has 0 aliphatic carbocycles. The van der Waals surface area contributed by atoms with E-state index in [1.165, 1.54) is 12.8 Å². The molecule has 144 valence electrons. The molecular formula is C21H31NO4. The summed E-state index contributed by atoms with van der Waals surface area (Å²) in [7, 11) is 3.33. The Hall–Kier alpha value is -2.17. The van der Waals surface area contributed by atoms with Gasteiger partial charge in [0.2, 0.25) is 5.75 Å². The van der Waals surface area contributed by atoms with Crippen molar-refractivity contribution < 1.29 is 14.2 Å². The fraction of sp³-hybridized carbons (Fsp3) is 0.571. The molecule has 0 atom stereocenters. The number of benzene rings is 1. The Bertz CT molecular complexity index is 767. The number of aromatic nitrogens is 1.